The molecule has 0 radical (unpaired) electrons. The van der Waals surface area contributed by atoms with Gasteiger partial charge in [0, 0.05) is 25.1 Å². The van der Waals surface area contributed by atoms with Gasteiger partial charge >= 0.3 is 0 Å². The highest BCUT2D eigenvalue weighted by Gasteiger charge is 2.18. The smallest absolute Gasteiger partial charge is 0.256 e. The van der Waals surface area contributed by atoms with E-state index >= 15 is 0 Å². The van der Waals surface area contributed by atoms with Crippen LogP contribution in [-0.4, -0.2) is 35.6 Å². The van der Waals surface area contributed by atoms with Crippen molar-refractivity contribution in [1.82, 2.24) is 4.90 Å². The van der Waals surface area contributed by atoms with Gasteiger partial charge in [0.2, 0.25) is 0 Å². The summed E-state index contributed by atoms with van der Waals surface area (Å²) in [6.45, 7) is 5.20. The highest BCUT2D eigenvalue weighted by molar-refractivity contribution is 5.94. The van der Waals surface area contributed by atoms with E-state index in [-0.39, 0.29) is 18.1 Å². The Morgan fingerprint density at radius 2 is 1.95 bits per heavy atom. The minimum Gasteiger partial charge on any atom is -0.395 e. The standard InChI is InChI=1S/C17H22FNO2/c1-3-10-19(11-4-2)17(21)15-13-14(7-5-6-12-20)8-9-16(15)18/h8-9,13,20H,3-4,6,10-12H2,1-2H3. The number of hydrogen-bond acceptors (Lipinski definition) is 2. The molecule has 1 aromatic carbocycles. The van der Waals surface area contributed by atoms with Crippen molar-refractivity contribution in [1.29, 1.82) is 0 Å². The first-order valence-electron chi connectivity index (χ1n) is 7.32. The average Bonchev–Trinajstić information content (AvgIpc) is 2.48. The third kappa shape index (κ3) is 5.20. The van der Waals surface area contributed by atoms with E-state index in [0.717, 1.165) is 12.8 Å². The average molecular weight is 291 g/mol. The van der Waals surface area contributed by atoms with Crippen molar-refractivity contribution >= 4 is 5.91 Å². The van der Waals surface area contributed by atoms with E-state index < -0.39 is 5.82 Å². The highest BCUT2D eigenvalue weighted by atomic mass is 19.1. The summed E-state index contributed by atoms with van der Waals surface area (Å²) in [7, 11) is 0. The van der Waals surface area contributed by atoms with E-state index in [0.29, 0.717) is 25.1 Å². The van der Waals surface area contributed by atoms with Crippen LogP contribution in [0.4, 0.5) is 4.39 Å². The molecular weight excluding hydrogens is 269 g/mol. The molecule has 0 aliphatic carbocycles. The molecule has 4 heteroatoms. The second-order valence-electron chi connectivity index (χ2n) is 4.76. The zero-order chi connectivity index (χ0) is 15.7. The molecule has 0 atom stereocenters. The lowest BCUT2D eigenvalue weighted by Gasteiger charge is -2.21. The van der Waals surface area contributed by atoms with Crippen LogP contribution in [0.5, 0.6) is 0 Å². The van der Waals surface area contributed by atoms with Gasteiger partial charge in [0.05, 0.1) is 12.2 Å². The monoisotopic (exact) mass is 291 g/mol. The Balaban J connectivity index is 3.02. The van der Waals surface area contributed by atoms with Crippen molar-refractivity contribution in [2.24, 2.45) is 0 Å². The first-order chi connectivity index (χ1) is 10.1. The Bertz CT molecular complexity index is 525. The van der Waals surface area contributed by atoms with Crippen LogP contribution in [-0.2, 0) is 0 Å². The van der Waals surface area contributed by atoms with Gasteiger partial charge in [-0.05, 0) is 31.0 Å². The van der Waals surface area contributed by atoms with Crippen LogP contribution in [0.2, 0.25) is 0 Å². The van der Waals surface area contributed by atoms with Gasteiger partial charge in [-0.25, -0.2) is 4.39 Å². The molecular formula is C17H22FNO2. The zero-order valence-corrected chi connectivity index (χ0v) is 12.7. The SMILES string of the molecule is CCCN(CCC)C(=O)c1cc(C#CCCO)ccc1F. The molecule has 114 valence electrons. The molecule has 0 aliphatic rings. The third-order valence-electron chi connectivity index (χ3n) is 2.94. The number of hydrogen-bond donors (Lipinski definition) is 1. The van der Waals surface area contributed by atoms with Gasteiger partial charge in [-0.3, -0.25) is 4.79 Å². The molecule has 0 heterocycles. The van der Waals surface area contributed by atoms with Gasteiger partial charge in [0.15, 0.2) is 0 Å². The van der Waals surface area contributed by atoms with Crippen molar-refractivity contribution in [2.75, 3.05) is 19.7 Å². The van der Waals surface area contributed by atoms with Crippen LogP contribution in [0.15, 0.2) is 18.2 Å². The number of aliphatic hydroxyl groups excluding tert-OH is 1. The summed E-state index contributed by atoms with van der Waals surface area (Å²) in [5.74, 6) is 4.78. The first kappa shape index (κ1) is 17.2. The molecule has 0 aliphatic heterocycles. The third-order valence-corrected chi connectivity index (χ3v) is 2.94. The Kier molecular flexibility index (Phi) is 7.49. The molecule has 0 aromatic heterocycles. The molecule has 1 aromatic rings. The van der Waals surface area contributed by atoms with Crippen LogP contribution in [0, 0.1) is 17.7 Å². The van der Waals surface area contributed by atoms with Crippen molar-refractivity contribution in [3.63, 3.8) is 0 Å². The Morgan fingerprint density at radius 1 is 1.29 bits per heavy atom. The Hall–Kier alpha value is -1.86. The van der Waals surface area contributed by atoms with Crippen LogP contribution in [0.1, 0.15) is 49.0 Å². The quantitative estimate of drug-likeness (QED) is 0.819. The second kappa shape index (κ2) is 9.15. The molecule has 1 rings (SSSR count). The number of aliphatic hydroxyl groups is 1. The lowest BCUT2D eigenvalue weighted by atomic mass is 10.1. The zero-order valence-electron chi connectivity index (χ0n) is 12.7. The largest absolute Gasteiger partial charge is 0.395 e. The second-order valence-corrected chi connectivity index (χ2v) is 4.76. The van der Waals surface area contributed by atoms with Crippen LogP contribution < -0.4 is 0 Å². The fourth-order valence-electron chi connectivity index (χ4n) is 2.01. The Morgan fingerprint density at radius 3 is 2.52 bits per heavy atom. The maximum Gasteiger partial charge on any atom is 0.256 e. The number of carbonyl (C=O) groups excluding carboxylic acids is 1. The van der Waals surface area contributed by atoms with Crippen molar-refractivity contribution in [3.8, 4) is 11.8 Å². The van der Waals surface area contributed by atoms with Gasteiger partial charge in [0.1, 0.15) is 5.82 Å². The van der Waals surface area contributed by atoms with E-state index in [9.17, 15) is 9.18 Å². The maximum absolute atomic E-state index is 13.9. The van der Waals surface area contributed by atoms with Gasteiger partial charge in [-0.1, -0.05) is 25.7 Å². The topological polar surface area (TPSA) is 40.5 Å². The van der Waals surface area contributed by atoms with E-state index in [4.69, 9.17) is 5.11 Å². The summed E-state index contributed by atoms with van der Waals surface area (Å²) in [4.78, 5) is 14.1. The molecule has 0 bridgehead atoms. The highest BCUT2D eigenvalue weighted by Crippen LogP contribution is 2.14. The van der Waals surface area contributed by atoms with E-state index in [1.165, 1.54) is 12.1 Å². The number of nitrogens with zero attached hydrogens (tertiary/aromatic N) is 1. The Labute approximate surface area is 125 Å². The summed E-state index contributed by atoms with van der Waals surface area (Å²) in [6.07, 6.45) is 2.03. The summed E-state index contributed by atoms with van der Waals surface area (Å²) >= 11 is 0. The predicted octanol–water partition coefficient (Wildman–Crippen LogP) is 2.82. The predicted molar refractivity (Wildman–Crippen MR) is 81.5 cm³/mol. The number of carbonyl (C=O) groups is 1. The van der Waals surface area contributed by atoms with Crippen molar-refractivity contribution < 1.29 is 14.3 Å². The van der Waals surface area contributed by atoms with E-state index in [1.807, 2.05) is 13.8 Å². The van der Waals surface area contributed by atoms with E-state index in [2.05, 4.69) is 11.8 Å². The van der Waals surface area contributed by atoms with Gasteiger partial charge < -0.3 is 10.0 Å². The van der Waals surface area contributed by atoms with Crippen molar-refractivity contribution in [2.45, 2.75) is 33.1 Å². The molecule has 0 saturated carbocycles. The molecule has 0 spiro atoms. The summed E-state index contributed by atoms with van der Waals surface area (Å²) in [5, 5.41) is 8.70. The molecule has 1 N–H and O–H groups in total. The van der Waals surface area contributed by atoms with E-state index in [1.54, 1.807) is 11.0 Å². The van der Waals surface area contributed by atoms with Crippen LogP contribution in [0.25, 0.3) is 0 Å². The molecule has 0 unspecified atom stereocenters. The van der Waals surface area contributed by atoms with Crippen LogP contribution in [0.3, 0.4) is 0 Å². The minimum absolute atomic E-state index is 0.0131. The fraction of sp³-hybridized carbons (Fsp3) is 0.471. The molecule has 0 fully saturated rings. The van der Waals surface area contributed by atoms with Crippen molar-refractivity contribution in [3.05, 3.63) is 35.1 Å². The minimum atomic E-state index is -0.523. The fourth-order valence-corrected chi connectivity index (χ4v) is 2.01. The number of benzene rings is 1. The van der Waals surface area contributed by atoms with Crippen LogP contribution >= 0.6 is 0 Å². The first-order valence-corrected chi connectivity index (χ1v) is 7.32. The molecule has 21 heavy (non-hydrogen) atoms. The molecule has 3 nitrogen and oxygen atoms in total. The molecule has 1 amide bonds. The lowest BCUT2D eigenvalue weighted by molar-refractivity contribution is 0.0751. The van der Waals surface area contributed by atoms with Gasteiger partial charge in [0.25, 0.3) is 5.91 Å². The summed E-state index contributed by atoms with van der Waals surface area (Å²) < 4.78 is 13.9. The van der Waals surface area contributed by atoms with Gasteiger partial charge in [-0.15, -0.1) is 0 Å². The summed E-state index contributed by atoms with van der Waals surface area (Å²) in [6, 6.07) is 4.30. The number of rotatable bonds is 6. The normalized spacial score (nSPS) is 9.90. The van der Waals surface area contributed by atoms with Gasteiger partial charge in [-0.2, -0.15) is 0 Å². The summed E-state index contributed by atoms with van der Waals surface area (Å²) in [5.41, 5.74) is 0.647. The maximum atomic E-state index is 13.9. The lowest BCUT2D eigenvalue weighted by Crippen LogP contribution is -2.33. The number of amides is 1. The molecule has 0 saturated heterocycles. The number of halogens is 1.